The summed E-state index contributed by atoms with van der Waals surface area (Å²) in [5.74, 6) is 0. The zero-order valence-electron chi connectivity index (χ0n) is 12.6. The van der Waals surface area contributed by atoms with Gasteiger partial charge in [-0.1, -0.05) is 26.0 Å². The van der Waals surface area contributed by atoms with Crippen molar-refractivity contribution >= 4 is 30.5 Å². The summed E-state index contributed by atoms with van der Waals surface area (Å²) >= 11 is 0. The molecule has 0 saturated carbocycles. The highest BCUT2D eigenvalue weighted by atomic mass is 35.5. The van der Waals surface area contributed by atoms with Gasteiger partial charge in [-0.15, -0.1) is 24.8 Å². The first-order chi connectivity index (χ1) is 8.85. The fourth-order valence-electron chi connectivity index (χ4n) is 2.76. The number of rotatable bonds is 6. The Morgan fingerprint density at radius 2 is 1.85 bits per heavy atom. The van der Waals surface area contributed by atoms with E-state index in [1.165, 1.54) is 43.4 Å². The number of nitrogens with one attached hydrogen (secondary N) is 2. The summed E-state index contributed by atoms with van der Waals surface area (Å²) in [5, 5.41) is 7.21. The van der Waals surface area contributed by atoms with E-state index in [0.29, 0.717) is 6.04 Å². The molecule has 2 nitrogen and oxygen atoms in total. The molecule has 2 N–H and O–H groups in total. The molecule has 1 aliphatic carbocycles. The number of halogens is 2. The summed E-state index contributed by atoms with van der Waals surface area (Å²) in [6, 6.07) is 7.40. The van der Waals surface area contributed by atoms with Gasteiger partial charge < -0.3 is 10.6 Å². The molecule has 0 fully saturated rings. The van der Waals surface area contributed by atoms with Crippen molar-refractivity contribution in [3.8, 4) is 0 Å². The number of anilines is 1. The lowest BCUT2D eigenvalue weighted by molar-refractivity contribution is 0.459. The van der Waals surface area contributed by atoms with E-state index < -0.39 is 0 Å². The van der Waals surface area contributed by atoms with E-state index in [1.807, 2.05) is 0 Å². The Morgan fingerprint density at radius 1 is 1.10 bits per heavy atom. The number of hydrogen-bond donors (Lipinski definition) is 2. The second-order valence-electron chi connectivity index (χ2n) is 5.26. The lowest BCUT2D eigenvalue weighted by Crippen LogP contribution is -2.35. The molecule has 1 unspecified atom stereocenters. The fraction of sp³-hybridized carbons (Fsp3) is 0.625. The number of hydrogen-bond acceptors (Lipinski definition) is 2. The molecule has 4 heteroatoms. The first-order valence-corrected chi connectivity index (χ1v) is 7.43. The summed E-state index contributed by atoms with van der Waals surface area (Å²) in [6.45, 7) is 6.67. The quantitative estimate of drug-likeness (QED) is 0.821. The predicted molar refractivity (Wildman–Crippen MR) is 93.8 cm³/mol. The Balaban J connectivity index is 0.00000180. The van der Waals surface area contributed by atoms with Crippen LogP contribution in [-0.2, 0) is 12.8 Å². The van der Waals surface area contributed by atoms with Crippen LogP contribution in [0.15, 0.2) is 18.2 Å². The maximum Gasteiger partial charge on any atom is 0.0375 e. The van der Waals surface area contributed by atoms with Crippen molar-refractivity contribution in [1.82, 2.24) is 5.32 Å². The Labute approximate surface area is 135 Å². The molecule has 0 heterocycles. The first-order valence-electron chi connectivity index (χ1n) is 7.43. The Morgan fingerprint density at radius 3 is 2.55 bits per heavy atom. The summed E-state index contributed by atoms with van der Waals surface area (Å²) in [4.78, 5) is 0. The van der Waals surface area contributed by atoms with Crippen molar-refractivity contribution in [1.29, 1.82) is 0 Å². The zero-order valence-corrected chi connectivity index (χ0v) is 14.2. The molecule has 0 aliphatic heterocycles. The third kappa shape index (κ3) is 5.16. The molecule has 116 valence electrons. The lowest BCUT2D eigenvalue weighted by Gasteiger charge is -2.27. The molecule has 0 spiro atoms. The van der Waals surface area contributed by atoms with Crippen LogP contribution >= 0.6 is 24.8 Å². The predicted octanol–water partition coefficient (Wildman–Crippen LogP) is 4.21. The van der Waals surface area contributed by atoms with Crippen LogP contribution in [0.3, 0.4) is 0 Å². The molecule has 20 heavy (non-hydrogen) atoms. The minimum atomic E-state index is 0. The minimum Gasteiger partial charge on any atom is -0.385 e. The van der Waals surface area contributed by atoms with Crippen LogP contribution in [0, 0.1) is 0 Å². The highest BCUT2D eigenvalue weighted by molar-refractivity contribution is 5.85. The monoisotopic (exact) mass is 318 g/mol. The molecular weight excluding hydrogens is 291 g/mol. The van der Waals surface area contributed by atoms with Gasteiger partial charge in [0, 0.05) is 18.3 Å². The molecule has 1 aliphatic rings. The zero-order chi connectivity index (χ0) is 12.8. The van der Waals surface area contributed by atoms with Crippen molar-refractivity contribution in [2.45, 2.75) is 52.0 Å². The second-order valence-corrected chi connectivity index (χ2v) is 5.26. The number of fused-ring (bicyclic) bond motifs is 1. The minimum absolute atomic E-state index is 0. The number of benzene rings is 1. The molecule has 1 aromatic rings. The van der Waals surface area contributed by atoms with Gasteiger partial charge in [-0.05, 0) is 55.8 Å². The van der Waals surface area contributed by atoms with Gasteiger partial charge in [0.05, 0.1) is 0 Å². The maximum atomic E-state index is 3.65. The van der Waals surface area contributed by atoms with E-state index >= 15 is 0 Å². The standard InChI is InChI=1S/C16H26N2.2ClH/c1-3-10-17-14-8-9-15-13(12-14)6-5-7-16(15)18-11-4-2;;/h5-7,14,17-18H,3-4,8-12H2,1-2H3;2*1H. The van der Waals surface area contributed by atoms with Gasteiger partial charge in [-0.2, -0.15) is 0 Å². The largest absolute Gasteiger partial charge is 0.385 e. The molecule has 2 rings (SSSR count). The highest BCUT2D eigenvalue weighted by Gasteiger charge is 2.19. The maximum absolute atomic E-state index is 3.65. The van der Waals surface area contributed by atoms with Gasteiger partial charge in [0.2, 0.25) is 0 Å². The van der Waals surface area contributed by atoms with Crippen molar-refractivity contribution in [3.05, 3.63) is 29.3 Å². The molecule has 0 aromatic heterocycles. The van der Waals surface area contributed by atoms with E-state index in [4.69, 9.17) is 0 Å². The van der Waals surface area contributed by atoms with Crippen molar-refractivity contribution in [2.24, 2.45) is 0 Å². The SMILES string of the molecule is CCCNc1cccc2c1CCC(NCCC)C2.Cl.Cl. The normalized spacial score (nSPS) is 16.6. The molecule has 1 aromatic carbocycles. The first kappa shape index (κ1) is 19.6. The Bertz CT molecular complexity index is 383. The van der Waals surface area contributed by atoms with E-state index in [2.05, 4.69) is 42.7 Å². The summed E-state index contributed by atoms with van der Waals surface area (Å²) in [5.41, 5.74) is 4.46. The molecule has 0 saturated heterocycles. The van der Waals surface area contributed by atoms with Crippen LogP contribution in [-0.4, -0.2) is 19.1 Å². The van der Waals surface area contributed by atoms with Crippen LogP contribution in [0.25, 0.3) is 0 Å². The van der Waals surface area contributed by atoms with E-state index in [1.54, 1.807) is 5.56 Å². The summed E-state index contributed by atoms with van der Waals surface area (Å²) < 4.78 is 0. The van der Waals surface area contributed by atoms with Crippen LogP contribution in [0.1, 0.15) is 44.2 Å². The third-order valence-electron chi connectivity index (χ3n) is 3.73. The Kier molecular flexibility index (Phi) is 10.1. The average Bonchev–Trinajstić information content (AvgIpc) is 2.42. The Hall–Kier alpha value is -0.440. The topological polar surface area (TPSA) is 24.1 Å². The van der Waals surface area contributed by atoms with Gasteiger partial charge in [-0.3, -0.25) is 0 Å². The van der Waals surface area contributed by atoms with Gasteiger partial charge in [-0.25, -0.2) is 0 Å². The van der Waals surface area contributed by atoms with Crippen LogP contribution in [0.5, 0.6) is 0 Å². The second kappa shape index (κ2) is 10.3. The van der Waals surface area contributed by atoms with Crippen molar-refractivity contribution in [3.63, 3.8) is 0 Å². The molecule has 0 bridgehead atoms. The van der Waals surface area contributed by atoms with Crippen molar-refractivity contribution in [2.75, 3.05) is 18.4 Å². The molecule has 0 amide bonds. The van der Waals surface area contributed by atoms with Gasteiger partial charge in [0.25, 0.3) is 0 Å². The van der Waals surface area contributed by atoms with Crippen LogP contribution < -0.4 is 10.6 Å². The fourth-order valence-corrected chi connectivity index (χ4v) is 2.76. The van der Waals surface area contributed by atoms with Gasteiger partial charge in [0.1, 0.15) is 0 Å². The highest BCUT2D eigenvalue weighted by Crippen LogP contribution is 2.28. The molecule has 1 atom stereocenters. The van der Waals surface area contributed by atoms with E-state index in [-0.39, 0.29) is 24.8 Å². The van der Waals surface area contributed by atoms with Gasteiger partial charge in [0.15, 0.2) is 0 Å². The summed E-state index contributed by atoms with van der Waals surface area (Å²) in [7, 11) is 0. The lowest BCUT2D eigenvalue weighted by atomic mass is 9.87. The summed E-state index contributed by atoms with van der Waals surface area (Å²) in [6.07, 6.45) is 6.09. The van der Waals surface area contributed by atoms with E-state index in [9.17, 15) is 0 Å². The van der Waals surface area contributed by atoms with Crippen molar-refractivity contribution < 1.29 is 0 Å². The van der Waals surface area contributed by atoms with Gasteiger partial charge >= 0.3 is 0 Å². The van der Waals surface area contributed by atoms with Crippen LogP contribution in [0.2, 0.25) is 0 Å². The van der Waals surface area contributed by atoms with Crippen LogP contribution in [0.4, 0.5) is 5.69 Å². The van der Waals surface area contributed by atoms with E-state index in [0.717, 1.165) is 13.1 Å². The average molecular weight is 319 g/mol. The molecular formula is C16H28Cl2N2. The molecule has 0 radical (unpaired) electrons. The smallest absolute Gasteiger partial charge is 0.0375 e. The third-order valence-corrected chi connectivity index (χ3v) is 3.73.